The molecule has 0 aromatic heterocycles. The van der Waals surface area contributed by atoms with Crippen LogP contribution in [0.4, 0.5) is 5.69 Å². The molecule has 40 heavy (non-hydrogen) atoms. The number of nitrogens with zero attached hydrogens (tertiary/aromatic N) is 3. The van der Waals surface area contributed by atoms with Gasteiger partial charge in [-0.05, 0) is 90.2 Å². The van der Waals surface area contributed by atoms with Crippen LogP contribution in [-0.2, 0) is 19.1 Å². The Kier molecular flexibility index (Phi) is 10.5. The molecule has 2 aliphatic rings. The molecule has 0 spiro atoms. The number of morpholine rings is 1. The Balaban J connectivity index is 1.54. The lowest BCUT2D eigenvalue weighted by Gasteiger charge is -2.26. The van der Waals surface area contributed by atoms with Crippen molar-refractivity contribution in [2.24, 2.45) is 4.99 Å². The van der Waals surface area contributed by atoms with Crippen LogP contribution in [-0.4, -0.2) is 85.9 Å². The quantitative estimate of drug-likeness (QED) is 0.219. The Labute approximate surface area is 250 Å². The smallest absolute Gasteiger partial charge is 0.344 e. The van der Waals surface area contributed by atoms with Gasteiger partial charge in [0.05, 0.1) is 40.6 Å². The van der Waals surface area contributed by atoms with E-state index in [0.29, 0.717) is 65.7 Å². The van der Waals surface area contributed by atoms with Crippen molar-refractivity contribution >= 4 is 69.1 Å². The van der Waals surface area contributed by atoms with Gasteiger partial charge < -0.3 is 23.8 Å². The molecule has 2 fully saturated rings. The van der Waals surface area contributed by atoms with Crippen molar-refractivity contribution in [2.75, 3.05) is 53.2 Å². The molecule has 2 aliphatic heterocycles. The lowest BCUT2D eigenvalue weighted by atomic mass is 10.1. The van der Waals surface area contributed by atoms with Crippen molar-refractivity contribution in [1.29, 1.82) is 0 Å². The lowest BCUT2D eigenvalue weighted by molar-refractivity contribution is -0.145. The summed E-state index contributed by atoms with van der Waals surface area (Å²) < 4.78 is 22.4. The summed E-state index contributed by atoms with van der Waals surface area (Å²) >= 11 is 3.36. The van der Waals surface area contributed by atoms with E-state index in [0.717, 1.165) is 9.13 Å². The minimum Gasteiger partial charge on any atom is -0.490 e. The third-order valence-electron chi connectivity index (χ3n) is 5.89. The SMILES string of the molecule is CCOC(=O)COc1c(I)cc(/C=C2/SC(=Nc3cccc(C(=O)N4CCOCC4)c3)N(C)C2=O)cc1OCC. The third-order valence-corrected chi connectivity index (χ3v) is 7.75. The van der Waals surface area contributed by atoms with Crippen molar-refractivity contribution in [3.8, 4) is 11.5 Å². The number of halogens is 1. The number of amidine groups is 1. The van der Waals surface area contributed by atoms with Gasteiger partial charge in [0.15, 0.2) is 23.3 Å². The van der Waals surface area contributed by atoms with Crippen LogP contribution < -0.4 is 9.47 Å². The van der Waals surface area contributed by atoms with Gasteiger partial charge in [-0.25, -0.2) is 9.79 Å². The van der Waals surface area contributed by atoms with E-state index in [2.05, 4.69) is 27.6 Å². The van der Waals surface area contributed by atoms with Crippen LogP contribution >= 0.6 is 34.4 Å². The van der Waals surface area contributed by atoms with Gasteiger partial charge in [-0.3, -0.25) is 14.5 Å². The summed E-state index contributed by atoms with van der Waals surface area (Å²) in [5.41, 5.74) is 1.86. The molecule has 0 atom stereocenters. The van der Waals surface area contributed by atoms with E-state index in [1.54, 1.807) is 55.3 Å². The molecular weight excluding hydrogens is 649 g/mol. The van der Waals surface area contributed by atoms with Gasteiger partial charge in [0, 0.05) is 25.7 Å². The number of aliphatic imine (C=N–C) groups is 1. The highest BCUT2D eigenvalue weighted by molar-refractivity contribution is 14.1. The van der Waals surface area contributed by atoms with Crippen molar-refractivity contribution in [3.63, 3.8) is 0 Å². The van der Waals surface area contributed by atoms with Gasteiger partial charge in [-0.1, -0.05) is 6.07 Å². The van der Waals surface area contributed by atoms with E-state index in [9.17, 15) is 14.4 Å². The van der Waals surface area contributed by atoms with E-state index in [1.807, 2.05) is 13.0 Å². The van der Waals surface area contributed by atoms with Crippen LogP contribution in [0, 0.1) is 3.57 Å². The normalized spacial score (nSPS) is 17.4. The molecule has 0 aliphatic carbocycles. The first kappa shape index (κ1) is 29.9. The number of likely N-dealkylation sites (N-methyl/N-ethyl adjacent to an activating group) is 1. The van der Waals surface area contributed by atoms with Gasteiger partial charge in [0.2, 0.25) is 0 Å². The molecule has 12 heteroatoms. The number of rotatable bonds is 9. The minimum absolute atomic E-state index is 0.0659. The first-order valence-corrected chi connectivity index (χ1v) is 14.7. The number of thioether (sulfide) groups is 1. The summed E-state index contributed by atoms with van der Waals surface area (Å²) in [5.74, 6) is 0.174. The molecule has 212 valence electrons. The van der Waals surface area contributed by atoms with Crippen LogP contribution in [0.2, 0.25) is 0 Å². The zero-order chi connectivity index (χ0) is 28.6. The zero-order valence-electron chi connectivity index (χ0n) is 22.5. The number of ether oxygens (including phenoxy) is 4. The summed E-state index contributed by atoms with van der Waals surface area (Å²) in [6, 6.07) is 10.7. The molecule has 10 nitrogen and oxygen atoms in total. The third kappa shape index (κ3) is 7.34. The van der Waals surface area contributed by atoms with E-state index >= 15 is 0 Å². The molecule has 0 radical (unpaired) electrons. The average Bonchev–Trinajstić information content (AvgIpc) is 3.20. The zero-order valence-corrected chi connectivity index (χ0v) is 25.5. The molecule has 2 aromatic rings. The summed E-state index contributed by atoms with van der Waals surface area (Å²) in [7, 11) is 1.67. The van der Waals surface area contributed by atoms with E-state index in [4.69, 9.17) is 18.9 Å². The van der Waals surface area contributed by atoms with Crippen LogP contribution in [0.5, 0.6) is 11.5 Å². The van der Waals surface area contributed by atoms with Gasteiger partial charge in [-0.15, -0.1) is 0 Å². The number of hydrogen-bond acceptors (Lipinski definition) is 9. The van der Waals surface area contributed by atoms with Crippen LogP contribution in [0.25, 0.3) is 6.08 Å². The summed E-state index contributed by atoms with van der Waals surface area (Å²) in [5, 5.41) is 0.501. The predicted molar refractivity (Wildman–Crippen MR) is 161 cm³/mol. The second kappa shape index (κ2) is 14.0. The predicted octanol–water partition coefficient (Wildman–Crippen LogP) is 4.34. The second-order valence-electron chi connectivity index (χ2n) is 8.68. The first-order chi connectivity index (χ1) is 19.3. The number of carbonyl (C=O) groups excluding carboxylic acids is 3. The number of hydrogen-bond donors (Lipinski definition) is 0. The molecule has 0 N–H and O–H groups in total. The van der Waals surface area contributed by atoms with E-state index in [1.165, 1.54) is 16.7 Å². The average molecular weight is 680 g/mol. The van der Waals surface area contributed by atoms with Crippen molar-refractivity contribution in [3.05, 3.63) is 56.0 Å². The fraction of sp³-hybridized carbons (Fsp3) is 0.357. The molecular formula is C28H30IN3O7S. The Hall–Kier alpha value is -3.10. The maximum Gasteiger partial charge on any atom is 0.344 e. The molecule has 0 saturated carbocycles. The molecule has 0 unspecified atom stereocenters. The summed E-state index contributed by atoms with van der Waals surface area (Å²) in [4.78, 5) is 46.1. The van der Waals surface area contributed by atoms with Gasteiger partial charge in [-0.2, -0.15) is 0 Å². The monoisotopic (exact) mass is 679 g/mol. The number of amides is 2. The minimum atomic E-state index is -0.467. The lowest BCUT2D eigenvalue weighted by Crippen LogP contribution is -2.40. The maximum absolute atomic E-state index is 13.1. The van der Waals surface area contributed by atoms with Gasteiger partial charge in [0.1, 0.15) is 0 Å². The van der Waals surface area contributed by atoms with Crippen molar-refractivity contribution < 1.29 is 33.3 Å². The van der Waals surface area contributed by atoms with Gasteiger partial charge in [0.25, 0.3) is 11.8 Å². The molecule has 4 rings (SSSR count). The first-order valence-electron chi connectivity index (χ1n) is 12.8. The van der Waals surface area contributed by atoms with E-state index in [-0.39, 0.29) is 25.0 Å². The number of benzene rings is 2. The highest BCUT2D eigenvalue weighted by atomic mass is 127. The molecule has 2 amide bonds. The van der Waals surface area contributed by atoms with Gasteiger partial charge >= 0.3 is 5.97 Å². The molecule has 0 bridgehead atoms. The second-order valence-corrected chi connectivity index (χ2v) is 10.9. The maximum atomic E-state index is 13.1. The molecule has 2 saturated heterocycles. The van der Waals surface area contributed by atoms with Crippen molar-refractivity contribution in [2.45, 2.75) is 13.8 Å². The number of carbonyl (C=O) groups is 3. The molecule has 2 aromatic carbocycles. The van der Waals surface area contributed by atoms with Crippen LogP contribution in [0.3, 0.4) is 0 Å². The van der Waals surface area contributed by atoms with Crippen LogP contribution in [0.15, 0.2) is 46.3 Å². The topological polar surface area (TPSA) is 107 Å². The Morgan fingerprint density at radius 3 is 2.62 bits per heavy atom. The van der Waals surface area contributed by atoms with E-state index < -0.39 is 5.97 Å². The molecule has 2 heterocycles. The van der Waals surface area contributed by atoms with Crippen molar-refractivity contribution in [1.82, 2.24) is 9.80 Å². The van der Waals surface area contributed by atoms with Crippen LogP contribution in [0.1, 0.15) is 29.8 Å². The largest absolute Gasteiger partial charge is 0.490 e. The Morgan fingerprint density at radius 1 is 1.12 bits per heavy atom. The Bertz CT molecular complexity index is 1340. The summed E-state index contributed by atoms with van der Waals surface area (Å²) in [6.45, 7) is 6.19. The number of esters is 1. The Morgan fingerprint density at radius 2 is 1.90 bits per heavy atom. The standard InChI is InChI=1S/C28H30IN3O7S/c1-4-37-22-14-18(13-21(29)25(22)39-17-24(33)38-5-2)15-23-27(35)31(3)28(40-23)30-20-8-6-7-19(16-20)26(34)32-9-11-36-12-10-32/h6-8,13-16H,4-5,9-12,17H2,1-3H3/b23-15+,30-28?. The summed E-state index contributed by atoms with van der Waals surface area (Å²) in [6.07, 6.45) is 1.77. The fourth-order valence-electron chi connectivity index (χ4n) is 3.98. The highest BCUT2D eigenvalue weighted by Gasteiger charge is 2.31. The fourth-order valence-corrected chi connectivity index (χ4v) is 5.75. The highest BCUT2D eigenvalue weighted by Crippen LogP contribution is 2.38.